The van der Waals surface area contributed by atoms with Crippen LogP contribution in [0.5, 0.6) is 0 Å². The first-order chi connectivity index (χ1) is 28.6. The van der Waals surface area contributed by atoms with Gasteiger partial charge in [-0.15, -0.1) is 0 Å². The molecule has 0 saturated heterocycles. The first-order valence-corrected chi connectivity index (χ1v) is 23.8. The maximum absolute atomic E-state index is 12.8. The van der Waals surface area contributed by atoms with Crippen LogP contribution in [-0.2, 0) is 28.6 Å². The van der Waals surface area contributed by atoms with Gasteiger partial charge in [-0.3, -0.25) is 9.59 Å². The van der Waals surface area contributed by atoms with Crippen molar-refractivity contribution in [3.05, 3.63) is 60.8 Å². The third kappa shape index (κ3) is 40.2. The highest BCUT2D eigenvalue weighted by Crippen LogP contribution is 2.15. The van der Waals surface area contributed by atoms with Gasteiger partial charge < -0.3 is 23.8 Å². The third-order valence-electron chi connectivity index (χ3n) is 10.4. The number of allylic oxidation sites excluding steroid dienone is 10. The molecule has 2 unspecified atom stereocenters. The summed E-state index contributed by atoms with van der Waals surface area (Å²) in [5.74, 6) is -1.51. The predicted molar refractivity (Wildman–Crippen MR) is 247 cm³/mol. The summed E-state index contributed by atoms with van der Waals surface area (Å²) in [6.07, 6.45) is 51.2. The van der Waals surface area contributed by atoms with Crippen LogP contribution in [0.4, 0.5) is 0 Å². The van der Waals surface area contributed by atoms with Crippen molar-refractivity contribution < 1.29 is 38.2 Å². The van der Waals surface area contributed by atoms with E-state index >= 15 is 0 Å². The molecule has 0 spiro atoms. The molecule has 8 nitrogen and oxygen atoms in total. The molecule has 0 fully saturated rings. The summed E-state index contributed by atoms with van der Waals surface area (Å²) in [7, 11) is 5.52. The van der Waals surface area contributed by atoms with Crippen molar-refractivity contribution in [3.63, 3.8) is 0 Å². The van der Waals surface area contributed by atoms with E-state index in [4.69, 9.17) is 14.2 Å². The summed E-state index contributed by atoms with van der Waals surface area (Å²) in [6.45, 7) is 4.60. The number of hydrogen-bond acceptors (Lipinski definition) is 6. The summed E-state index contributed by atoms with van der Waals surface area (Å²) in [6, 6.07) is -0.621. The fourth-order valence-electron chi connectivity index (χ4n) is 6.77. The number of hydrogen-bond donors (Lipinski definition) is 1. The lowest BCUT2D eigenvalue weighted by atomic mass is 10.0. The number of likely N-dealkylation sites (N-methyl/N-ethyl adjacent to an activating group) is 1. The van der Waals surface area contributed by atoms with E-state index in [9.17, 15) is 19.5 Å². The molecule has 0 rings (SSSR count). The quantitative estimate of drug-likeness (QED) is 0.0283. The zero-order valence-electron chi connectivity index (χ0n) is 38.7. The van der Waals surface area contributed by atoms with Crippen molar-refractivity contribution in [2.24, 2.45) is 0 Å². The summed E-state index contributed by atoms with van der Waals surface area (Å²) >= 11 is 0. The molecular weight excluding hydrogens is 739 g/mol. The van der Waals surface area contributed by atoms with Crippen molar-refractivity contribution >= 4 is 17.9 Å². The Morgan fingerprint density at radius 2 is 0.949 bits per heavy atom. The van der Waals surface area contributed by atoms with Crippen LogP contribution in [0.2, 0.25) is 0 Å². The van der Waals surface area contributed by atoms with E-state index in [-0.39, 0.29) is 36.2 Å². The van der Waals surface area contributed by atoms with Crippen molar-refractivity contribution in [1.82, 2.24) is 0 Å². The molecular formula is C51H90NO7+. The Balaban J connectivity index is 4.36. The number of quaternary nitrogens is 1. The number of carbonyl (C=O) groups is 3. The summed E-state index contributed by atoms with van der Waals surface area (Å²) in [4.78, 5) is 37.1. The molecule has 340 valence electrons. The normalized spacial score (nSPS) is 13.4. The van der Waals surface area contributed by atoms with Gasteiger partial charge >= 0.3 is 17.9 Å². The minimum absolute atomic E-state index is 0.0503. The molecule has 0 bridgehead atoms. The molecule has 1 N–H and O–H groups in total. The predicted octanol–water partition coefficient (Wildman–Crippen LogP) is 13.4. The fraction of sp³-hybridized carbons (Fsp3) is 0.745. The number of carboxylic acids is 1. The van der Waals surface area contributed by atoms with E-state index < -0.39 is 18.1 Å². The molecule has 8 heteroatoms. The molecule has 0 radical (unpaired) electrons. The first kappa shape index (κ1) is 56.0. The lowest BCUT2D eigenvalue weighted by molar-refractivity contribution is -0.887. The van der Waals surface area contributed by atoms with Crippen LogP contribution in [0.1, 0.15) is 194 Å². The van der Waals surface area contributed by atoms with Crippen LogP contribution in [0.3, 0.4) is 0 Å². The number of carboxylic acid groups (broad SMARTS) is 1. The highest BCUT2D eigenvalue weighted by Gasteiger charge is 2.31. The summed E-state index contributed by atoms with van der Waals surface area (Å²) in [5.41, 5.74) is 0. The van der Waals surface area contributed by atoms with Crippen LogP contribution in [0, 0.1) is 0 Å². The Kier molecular flexibility index (Phi) is 39.6. The number of ether oxygens (including phenoxy) is 3. The zero-order valence-corrected chi connectivity index (χ0v) is 38.7. The molecule has 0 amide bonds. The average Bonchev–Trinajstić information content (AvgIpc) is 3.19. The van der Waals surface area contributed by atoms with E-state index in [0.717, 1.165) is 77.0 Å². The largest absolute Gasteiger partial charge is 0.477 e. The van der Waals surface area contributed by atoms with E-state index in [2.05, 4.69) is 74.6 Å². The second-order valence-corrected chi connectivity index (χ2v) is 17.0. The lowest BCUT2D eigenvalue weighted by Crippen LogP contribution is -2.50. The number of esters is 2. The van der Waals surface area contributed by atoms with E-state index in [1.54, 1.807) is 0 Å². The van der Waals surface area contributed by atoms with Gasteiger partial charge in [-0.1, -0.05) is 177 Å². The SMILES string of the molecule is CC/C=C/C/C=C/C/C=C/C/C=C/C/C=C/CCCCCC(=O)OCC(COCCC(C(=O)O)[N+](C)(C)C)OC(=O)CCCCCCCCCCCCCCCCCC. The number of unbranched alkanes of at least 4 members (excludes halogenated alkanes) is 18. The zero-order chi connectivity index (χ0) is 43.5. The smallest absolute Gasteiger partial charge is 0.362 e. The van der Waals surface area contributed by atoms with Crippen molar-refractivity contribution in [2.45, 2.75) is 206 Å². The van der Waals surface area contributed by atoms with Gasteiger partial charge in [0.25, 0.3) is 0 Å². The fourth-order valence-corrected chi connectivity index (χ4v) is 6.77. The molecule has 0 aliphatic heterocycles. The highest BCUT2D eigenvalue weighted by molar-refractivity contribution is 5.72. The molecule has 0 aliphatic carbocycles. The molecule has 0 aliphatic rings. The van der Waals surface area contributed by atoms with Gasteiger partial charge in [0, 0.05) is 19.3 Å². The first-order valence-electron chi connectivity index (χ1n) is 23.8. The number of carbonyl (C=O) groups excluding carboxylic acids is 2. The van der Waals surface area contributed by atoms with Crippen molar-refractivity contribution in [3.8, 4) is 0 Å². The topological polar surface area (TPSA) is 99.1 Å². The second kappa shape index (κ2) is 41.8. The molecule has 0 aromatic carbocycles. The van der Waals surface area contributed by atoms with Gasteiger partial charge in [0.2, 0.25) is 0 Å². The van der Waals surface area contributed by atoms with E-state index in [1.807, 2.05) is 21.1 Å². The van der Waals surface area contributed by atoms with E-state index in [0.29, 0.717) is 19.3 Å². The minimum atomic E-state index is -0.880. The Bertz CT molecular complexity index is 1150. The van der Waals surface area contributed by atoms with Crippen LogP contribution < -0.4 is 0 Å². The maximum atomic E-state index is 12.8. The number of aliphatic carboxylic acids is 1. The Hall–Kier alpha value is -2.97. The molecule has 59 heavy (non-hydrogen) atoms. The van der Waals surface area contributed by atoms with Gasteiger partial charge in [-0.25, -0.2) is 4.79 Å². The third-order valence-corrected chi connectivity index (χ3v) is 10.4. The standard InChI is InChI=1S/C51H89NO7/c1-6-8-10-12-14-16-18-20-22-24-25-26-28-29-31-33-35-37-39-41-49(53)58-46-47(45-57-44-43-48(51(55)56)52(3,4)5)59-50(54)42-40-38-36-34-32-30-27-23-21-19-17-15-13-11-9-7-2/h8,10,14,16,20,22,25-26,29,31,47-48H,6-7,9,11-13,15,17-19,21,23-24,27-28,30,32-46H2,1-5H3/p+1/b10-8+,16-14+,22-20+,26-25+,31-29+. The Morgan fingerprint density at radius 1 is 0.525 bits per heavy atom. The molecule has 0 saturated carbocycles. The summed E-state index contributed by atoms with van der Waals surface area (Å²) in [5, 5.41) is 9.63. The number of nitrogens with zero attached hydrogens (tertiary/aromatic N) is 1. The van der Waals surface area contributed by atoms with E-state index in [1.165, 1.54) is 83.5 Å². The van der Waals surface area contributed by atoms with Crippen LogP contribution in [0.15, 0.2) is 60.8 Å². The monoisotopic (exact) mass is 829 g/mol. The van der Waals surface area contributed by atoms with Crippen molar-refractivity contribution in [1.29, 1.82) is 0 Å². The van der Waals surface area contributed by atoms with Gasteiger partial charge in [0.15, 0.2) is 12.1 Å². The minimum Gasteiger partial charge on any atom is -0.477 e. The Morgan fingerprint density at radius 3 is 1.41 bits per heavy atom. The van der Waals surface area contributed by atoms with Crippen LogP contribution in [-0.4, -0.2) is 80.6 Å². The Labute approximate surface area is 362 Å². The highest BCUT2D eigenvalue weighted by atomic mass is 16.6. The van der Waals surface area contributed by atoms with Crippen LogP contribution >= 0.6 is 0 Å². The summed E-state index contributed by atoms with van der Waals surface area (Å²) < 4.78 is 17.3. The van der Waals surface area contributed by atoms with Gasteiger partial charge in [0.05, 0.1) is 34.4 Å². The second-order valence-electron chi connectivity index (χ2n) is 17.0. The molecule has 0 aromatic heterocycles. The lowest BCUT2D eigenvalue weighted by Gasteiger charge is -2.31. The molecule has 0 aromatic rings. The average molecular weight is 829 g/mol. The van der Waals surface area contributed by atoms with Crippen LogP contribution in [0.25, 0.3) is 0 Å². The van der Waals surface area contributed by atoms with Crippen molar-refractivity contribution in [2.75, 3.05) is 41.0 Å². The number of rotatable bonds is 42. The molecule has 0 heterocycles. The van der Waals surface area contributed by atoms with Gasteiger partial charge in [0.1, 0.15) is 6.61 Å². The van der Waals surface area contributed by atoms with Gasteiger partial charge in [-0.05, 0) is 57.8 Å². The van der Waals surface area contributed by atoms with Gasteiger partial charge in [-0.2, -0.15) is 0 Å². The maximum Gasteiger partial charge on any atom is 0.362 e. The molecule has 2 atom stereocenters.